The number of ketones is 1. The molecule has 4 nitrogen and oxygen atoms in total. The summed E-state index contributed by atoms with van der Waals surface area (Å²) in [6, 6.07) is 34.5. The Morgan fingerprint density at radius 2 is 1.40 bits per heavy atom. The number of nitrogens with zero attached hydrogens (tertiary/aromatic N) is 1. The SMILES string of the molecule is Cc1ccc(S(=O)(=O)N2CC(C(=O)/C=C/c3cccc4ccccc34)=CCC2c2cccc3ccccc23)cc1. The molecule has 198 valence electrons. The van der Waals surface area contributed by atoms with Gasteiger partial charge in [-0.1, -0.05) is 115 Å². The number of carbonyl (C=O) groups is 1. The van der Waals surface area contributed by atoms with E-state index in [1.54, 1.807) is 30.3 Å². The summed E-state index contributed by atoms with van der Waals surface area (Å²) >= 11 is 0. The zero-order valence-electron chi connectivity index (χ0n) is 22.2. The number of benzene rings is 5. The van der Waals surface area contributed by atoms with Crippen molar-refractivity contribution < 1.29 is 13.2 Å². The lowest BCUT2D eigenvalue weighted by Gasteiger charge is -2.35. The molecule has 0 N–H and O–H groups in total. The predicted octanol–water partition coefficient (Wildman–Crippen LogP) is 7.65. The van der Waals surface area contributed by atoms with Crippen molar-refractivity contribution in [2.75, 3.05) is 6.54 Å². The molecule has 1 atom stereocenters. The van der Waals surface area contributed by atoms with Crippen LogP contribution in [0.4, 0.5) is 0 Å². The zero-order valence-corrected chi connectivity index (χ0v) is 23.0. The van der Waals surface area contributed by atoms with Gasteiger partial charge in [-0.2, -0.15) is 4.31 Å². The van der Waals surface area contributed by atoms with Crippen molar-refractivity contribution in [3.05, 3.63) is 144 Å². The van der Waals surface area contributed by atoms with Crippen molar-refractivity contribution in [3.8, 4) is 0 Å². The van der Waals surface area contributed by atoms with Gasteiger partial charge in [0.2, 0.25) is 10.0 Å². The molecule has 1 aliphatic rings. The standard InChI is InChI=1S/C35H29NO3S/c1-25-16-20-30(21-17-25)40(38,39)36-24-29(18-22-34(36)33-15-7-12-27-9-3-5-14-32(27)33)35(37)23-19-28-11-6-10-26-8-2-4-13-31(26)28/h2-21,23,34H,22,24H2,1H3/b23-19+. The monoisotopic (exact) mass is 543 g/mol. The van der Waals surface area contributed by atoms with E-state index in [1.165, 1.54) is 4.31 Å². The first-order valence-corrected chi connectivity index (χ1v) is 14.8. The van der Waals surface area contributed by atoms with Crippen molar-refractivity contribution in [3.63, 3.8) is 0 Å². The molecule has 5 aromatic carbocycles. The highest BCUT2D eigenvalue weighted by Gasteiger charge is 2.36. The van der Waals surface area contributed by atoms with Crippen molar-refractivity contribution in [1.29, 1.82) is 0 Å². The van der Waals surface area contributed by atoms with E-state index in [4.69, 9.17) is 0 Å². The molecule has 0 amide bonds. The molecule has 1 heterocycles. The van der Waals surface area contributed by atoms with Gasteiger partial charge in [-0.05, 0) is 64.2 Å². The molecule has 5 aromatic rings. The first-order valence-electron chi connectivity index (χ1n) is 13.4. The average molecular weight is 544 g/mol. The van der Waals surface area contributed by atoms with Crippen LogP contribution < -0.4 is 0 Å². The lowest BCUT2D eigenvalue weighted by atomic mass is 9.92. The Kier molecular flexibility index (Phi) is 6.93. The van der Waals surface area contributed by atoms with Crippen LogP contribution in [-0.4, -0.2) is 25.1 Å². The molecule has 0 fully saturated rings. The summed E-state index contributed by atoms with van der Waals surface area (Å²) in [6.07, 6.45) is 5.69. The summed E-state index contributed by atoms with van der Waals surface area (Å²) < 4.78 is 29.7. The lowest BCUT2D eigenvalue weighted by Crippen LogP contribution is -2.39. The molecular formula is C35H29NO3S. The van der Waals surface area contributed by atoms with Crippen molar-refractivity contribution in [2.45, 2.75) is 24.3 Å². The molecule has 0 bridgehead atoms. The summed E-state index contributed by atoms with van der Waals surface area (Å²) in [5.74, 6) is -0.187. The molecule has 0 saturated heterocycles. The van der Waals surface area contributed by atoms with Gasteiger partial charge in [0.05, 0.1) is 10.9 Å². The number of hydrogen-bond donors (Lipinski definition) is 0. The summed E-state index contributed by atoms with van der Waals surface area (Å²) in [7, 11) is -3.89. The molecule has 6 rings (SSSR count). The number of fused-ring (bicyclic) bond motifs is 2. The van der Waals surface area contributed by atoms with E-state index in [9.17, 15) is 13.2 Å². The third kappa shape index (κ3) is 4.90. The maximum Gasteiger partial charge on any atom is 0.243 e. The van der Waals surface area contributed by atoms with Crippen molar-refractivity contribution >= 4 is 43.4 Å². The second kappa shape index (κ2) is 10.7. The van der Waals surface area contributed by atoms with Crippen LogP contribution in [0.15, 0.2) is 132 Å². The quantitative estimate of drug-likeness (QED) is 0.207. The minimum atomic E-state index is -3.89. The van der Waals surface area contributed by atoms with Crippen LogP contribution in [0.3, 0.4) is 0 Å². The van der Waals surface area contributed by atoms with Crippen LogP contribution in [0.1, 0.15) is 29.2 Å². The van der Waals surface area contributed by atoms with E-state index in [-0.39, 0.29) is 17.2 Å². The fraction of sp³-hybridized carbons (Fsp3) is 0.114. The van der Waals surface area contributed by atoms with E-state index in [2.05, 4.69) is 0 Å². The Bertz CT molecular complexity index is 1890. The van der Waals surface area contributed by atoms with Gasteiger partial charge < -0.3 is 0 Å². The highest BCUT2D eigenvalue weighted by atomic mass is 32.2. The molecule has 1 unspecified atom stereocenters. The van der Waals surface area contributed by atoms with E-state index in [1.807, 2.05) is 104 Å². The average Bonchev–Trinajstić information content (AvgIpc) is 2.99. The third-order valence-electron chi connectivity index (χ3n) is 7.63. The first kappa shape index (κ1) is 25.9. The molecule has 0 saturated carbocycles. The topological polar surface area (TPSA) is 54.5 Å². The van der Waals surface area contributed by atoms with Crippen LogP contribution in [-0.2, 0) is 14.8 Å². The minimum Gasteiger partial charge on any atom is -0.290 e. The summed E-state index contributed by atoms with van der Waals surface area (Å²) in [5.41, 5.74) is 3.34. The second-order valence-electron chi connectivity index (χ2n) is 10.2. The van der Waals surface area contributed by atoms with E-state index in [0.29, 0.717) is 12.0 Å². The predicted molar refractivity (Wildman–Crippen MR) is 162 cm³/mol. The first-order chi connectivity index (χ1) is 19.4. The maximum atomic E-state index is 14.1. The fourth-order valence-electron chi connectivity index (χ4n) is 5.48. The molecule has 1 aliphatic heterocycles. The lowest BCUT2D eigenvalue weighted by molar-refractivity contribution is -0.111. The number of aryl methyl sites for hydroxylation is 1. The van der Waals surface area contributed by atoms with Crippen LogP contribution in [0.25, 0.3) is 27.6 Å². The molecule has 0 radical (unpaired) electrons. The smallest absolute Gasteiger partial charge is 0.243 e. The fourth-order valence-corrected chi connectivity index (χ4v) is 7.08. The van der Waals surface area contributed by atoms with Gasteiger partial charge in [0.15, 0.2) is 5.78 Å². The Hall–Kier alpha value is -4.32. The Balaban J connectivity index is 1.39. The van der Waals surface area contributed by atoms with Gasteiger partial charge in [-0.15, -0.1) is 0 Å². The molecule has 0 spiro atoms. The third-order valence-corrected chi connectivity index (χ3v) is 9.49. The molecule has 5 heteroatoms. The maximum absolute atomic E-state index is 14.1. The van der Waals surface area contributed by atoms with Crippen LogP contribution in [0, 0.1) is 6.92 Å². The zero-order chi connectivity index (χ0) is 27.7. The molecule has 40 heavy (non-hydrogen) atoms. The van der Waals surface area contributed by atoms with Crippen molar-refractivity contribution in [2.24, 2.45) is 0 Å². The largest absolute Gasteiger partial charge is 0.290 e. The summed E-state index contributed by atoms with van der Waals surface area (Å²) in [5, 5.41) is 4.23. The second-order valence-corrected chi connectivity index (χ2v) is 12.1. The van der Waals surface area contributed by atoms with Gasteiger partial charge >= 0.3 is 0 Å². The number of carbonyl (C=O) groups excluding carboxylic acids is 1. The van der Waals surface area contributed by atoms with Gasteiger partial charge in [0.25, 0.3) is 0 Å². The van der Waals surface area contributed by atoms with Gasteiger partial charge in [-0.25, -0.2) is 8.42 Å². The van der Waals surface area contributed by atoms with E-state index < -0.39 is 16.1 Å². The Labute approximate surface area is 234 Å². The van der Waals surface area contributed by atoms with Gasteiger partial charge in [0, 0.05) is 12.1 Å². The summed E-state index contributed by atoms with van der Waals surface area (Å²) in [4.78, 5) is 13.7. The molecular weight excluding hydrogens is 514 g/mol. The molecule has 0 aliphatic carbocycles. The normalized spacial score (nSPS) is 16.4. The number of sulfonamides is 1. The van der Waals surface area contributed by atoms with Crippen LogP contribution >= 0.6 is 0 Å². The highest BCUT2D eigenvalue weighted by molar-refractivity contribution is 7.89. The van der Waals surface area contributed by atoms with Crippen molar-refractivity contribution in [1.82, 2.24) is 4.31 Å². The van der Waals surface area contributed by atoms with Gasteiger partial charge in [-0.3, -0.25) is 4.79 Å². The summed E-state index contributed by atoms with van der Waals surface area (Å²) in [6.45, 7) is 1.93. The highest BCUT2D eigenvalue weighted by Crippen LogP contribution is 2.38. The Morgan fingerprint density at radius 1 is 0.775 bits per heavy atom. The van der Waals surface area contributed by atoms with Gasteiger partial charge in [0.1, 0.15) is 0 Å². The van der Waals surface area contributed by atoms with E-state index in [0.717, 1.165) is 38.2 Å². The number of allylic oxidation sites excluding steroid dienone is 1. The molecule has 0 aromatic heterocycles. The van der Waals surface area contributed by atoms with Crippen LogP contribution in [0.2, 0.25) is 0 Å². The Morgan fingerprint density at radius 3 is 2.15 bits per heavy atom. The minimum absolute atomic E-state index is 0.00279. The van der Waals surface area contributed by atoms with Crippen LogP contribution in [0.5, 0.6) is 0 Å². The number of rotatable bonds is 6. The number of hydrogen-bond acceptors (Lipinski definition) is 3. The van der Waals surface area contributed by atoms with E-state index >= 15 is 0 Å².